The molecular weight excluding hydrogens is 442 g/mol. The van der Waals surface area contributed by atoms with Gasteiger partial charge in [0.1, 0.15) is 5.69 Å². The zero-order valence-corrected chi connectivity index (χ0v) is 19.0. The van der Waals surface area contributed by atoms with E-state index in [4.69, 9.17) is 17.3 Å². The van der Waals surface area contributed by atoms with Crippen molar-refractivity contribution in [3.8, 4) is 16.3 Å². The zero-order chi connectivity index (χ0) is 21.4. The van der Waals surface area contributed by atoms with Crippen molar-refractivity contribution in [2.75, 3.05) is 4.90 Å². The Bertz CT molecular complexity index is 1290. The predicted molar refractivity (Wildman–Crippen MR) is 134 cm³/mol. The van der Waals surface area contributed by atoms with Crippen molar-refractivity contribution >= 4 is 57.3 Å². The average molecular weight is 460 g/mol. The molecule has 0 bridgehead atoms. The lowest BCUT2D eigenvalue weighted by Gasteiger charge is -2.14. The number of anilines is 1. The number of aromatic nitrogens is 2. The molecule has 0 N–H and O–H groups in total. The van der Waals surface area contributed by atoms with Crippen molar-refractivity contribution in [1.29, 1.82) is 0 Å². The third-order valence-corrected chi connectivity index (χ3v) is 7.07. The van der Waals surface area contributed by atoms with E-state index in [1.165, 1.54) is 11.8 Å². The first-order valence-corrected chi connectivity index (χ1v) is 11.7. The smallest absolute Gasteiger partial charge is 0.268 e. The van der Waals surface area contributed by atoms with Gasteiger partial charge in [-0.2, -0.15) is 5.10 Å². The molecule has 2 aromatic heterocycles. The van der Waals surface area contributed by atoms with Gasteiger partial charge in [-0.25, -0.2) is 4.68 Å². The molecular formula is C24H17N3OS3. The number of benzene rings is 2. The van der Waals surface area contributed by atoms with Gasteiger partial charge in [-0.3, -0.25) is 9.69 Å². The minimum atomic E-state index is -0.108. The lowest BCUT2D eigenvalue weighted by Crippen LogP contribution is -2.27. The molecule has 1 aliphatic rings. The van der Waals surface area contributed by atoms with E-state index in [0.29, 0.717) is 9.23 Å². The molecule has 0 unspecified atom stereocenters. The van der Waals surface area contributed by atoms with E-state index < -0.39 is 0 Å². The highest BCUT2D eigenvalue weighted by atomic mass is 32.2. The van der Waals surface area contributed by atoms with Gasteiger partial charge < -0.3 is 0 Å². The number of nitrogens with zero attached hydrogens (tertiary/aromatic N) is 3. The molecule has 5 rings (SSSR count). The fourth-order valence-corrected chi connectivity index (χ4v) is 5.36. The molecule has 0 atom stereocenters. The number of carbonyl (C=O) groups is 1. The Hall–Kier alpha value is -3.00. The summed E-state index contributed by atoms with van der Waals surface area (Å²) in [6.45, 7) is 2.02. The van der Waals surface area contributed by atoms with Crippen LogP contribution in [-0.2, 0) is 4.79 Å². The number of hydrogen-bond acceptors (Lipinski definition) is 5. The van der Waals surface area contributed by atoms with Crippen LogP contribution in [0.25, 0.3) is 22.3 Å². The first kappa shape index (κ1) is 19.9. The second kappa shape index (κ2) is 8.26. The molecule has 1 saturated heterocycles. The summed E-state index contributed by atoms with van der Waals surface area (Å²) < 4.78 is 2.38. The summed E-state index contributed by atoms with van der Waals surface area (Å²) in [5.41, 5.74) is 4.62. The largest absolute Gasteiger partial charge is 0.270 e. The Morgan fingerprint density at radius 1 is 0.968 bits per heavy atom. The highest BCUT2D eigenvalue weighted by Gasteiger charge is 2.33. The summed E-state index contributed by atoms with van der Waals surface area (Å²) >= 11 is 8.47. The fourth-order valence-electron chi connectivity index (χ4n) is 3.34. The van der Waals surface area contributed by atoms with Crippen molar-refractivity contribution in [2.24, 2.45) is 0 Å². The van der Waals surface area contributed by atoms with Crippen LogP contribution < -0.4 is 4.90 Å². The molecule has 0 aliphatic carbocycles. The standard InChI is InChI=1S/C24H17N3OS3/c1-16-9-11-19(12-10-16)27-23(28)21(31-24(27)29)14-17-15-26(18-6-3-2-4-7-18)25-22(17)20-8-5-13-30-20/h2-15H,1H3/b21-14-. The van der Waals surface area contributed by atoms with Crippen LogP contribution in [-0.4, -0.2) is 20.0 Å². The molecule has 31 heavy (non-hydrogen) atoms. The summed E-state index contributed by atoms with van der Waals surface area (Å²) in [7, 11) is 0. The number of thioether (sulfide) groups is 1. The minimum absolute atomic E-state index is 0.108. The van der Waals surface area contributed by atoms with Crippen molar-refractivity contribution in [3.63, 3.8) is 0 Å². The van der Waals surface area contributed by atoms with Crippen LogP contribution in [0.5, 0.6) is 0 Å². The topological polar surface area (TPSA) is 38.1 Å². The first-order valence-electron chi connectivity index (χ1n) is 9.64. The van der Waals surface area contributed by atoms with Crippen LogP contribution in [0.15, 0.2) is 83.2 Å². The number of aryl methyl sites for hydroxylation is 1. The Morgan fingerprint density at radius 2 is 1.74 bits per heavy atom. The molecule has 4 nitrogen and oxygen atoms in total. The quantitative estimate of drug-likeness (QED) is 0.265. The maximum absolute atomic E-state index is 13.2. The molecule has 0 spiro atoms. The minimum Gasteiger partial charge on any atom is -0.268 e. The van der Waals surface area contributed by atoms with Crippen LogP contribution in [0.4, 0.5) is 5.69 Å². The number of para-hydroxylation sites is 1. The highest BCUT2D eigenvalue weighted by molar-refractivity contribution is 8.27. The number of hydrogen-bond donors (Lipinski definition) is 0. The maximum Gasteiger partial charge on any atom is 0.270 e. The summed E-state index contributed by atoms with van der Waals surface area (Å²) in [5.74, 6) is -0.108. The van der Waals surface area contributed by atoms with E-state index in [2.05, 4.69) is 0 Å². The third-order valence-electron chi connectivity index (χ3n) is 4.89. The summed E-state index contributed by atoms with van der Waals surface area (Å²) in [4.78, 5) is 16.4. The number of rotatable bonds is 4. The van der Waals surface area contributed by atoms with E-state index in [1.54, 1.807) is 16.2 Å². The van der Waals surface area contributed by atoms with Crippen LogP contribution in [0.3, 0.4) is 0 Å². The van der Waals surface area contributed by atoms with E-state index >= 15 is 0 Å². The third kappa shape index (κ3) is 3.87. The van der Waals surface area contributed by atoms with Crippen LogP contribution >= 0.6 is 35.3 Å². The molecule has 2 aromatic carbocycles. The van der Waals surface area contributed by atoms with Crippen LogP contribution in [0, 0.1) is 6.92 Å². The van der Waals surface area contributed by atoms with E-state index in [9.17, 15) is 4.79 Å². The molecule has 1 aliphatic heterocycles. The zero-order valence-electron chi connectivity index (χ0n) is 16.6. The molecule has 152 valence electrons. The number of thiocarbonyl (C=S) groups is 1. The lowest BCUT2D eigenvalue weighted by atomic mass is 10.2. The summed E-state index contributed by atoms with van der Waals surface area (Å²) in [5, 5.41) is 6.84. The Kier molecular flexibility index (Phi) is 5.31. The average Bonchev–Trinajstić information content (AvgIpc) is 3.50. The van der Waals surface area contributed by atoms with E-state index in [1.807, 2.05) is 96.0 Å². The number of thiophene rings is 1. The summed E-state index contributed by atoms with van der Waals surface area (Å²) in [6.07, 6.45) is 3.86. The summed E-state index contributed by atoms with van der Waals surface area (Å²) in [6, 6.07) is 21.8. The second-order valence-electron chi connectivity index (χ2n) is 7.04. The van der Waals surface area contributed by atoms with Gasteiger partial charge in [0.05, 0.1) is 21.2 Å². The molecule has 0 saturated carbocycles. The number of carbonyl (C=O) groups excluding carboxylic acids is 1. The van der Waals surface area contributed by atoms with Crippen molar-refractivity contribution in [1.82, 2.24) is 9.78 Å². The van der Waals surface area contributed by atoms with Gasteiger partial charge in [0, 0.05) is 11.8 Å². The van der Waals surface area contributed by atoms with Gasteiger partial charge in [-0.1, -0.05) is 65.9 Å². The SMILES string of the molecule is Cc1ccc(N2C(=O)/C(=C/c3cn(-c4ccccc4)nc3-c3cccs3)SC2=S)cc1. The normalized spacial score (nSPS) is 15.3. The monoisotopic (exact) mass is 459 g/mol. The maximum atomic E-state index is 13.2. The van der Waals surface area contributed by atoms with E-state index in [-0.39, 0.29) is 5.91 Å². The van der Waals surface area contributed by atoms with Crippen LogP contribution in [0.1, 0.15) is 11.1 Å². The predicted octanol–water partition coefficient (Wildman–Crippen LogP) is 6.32. The van der Waals surface area contributed by atoms with Gasteiger partial charge >= 0.3 is 0 Å². The molecule has 1 amide bonds. The number of amides is 1. The Morgan fingerprint density at radius 3 is 2.45 bits per heavy atom. The Labute approximate surface area is 193 Å². The second-order valence-corrected chi connectivity index (χ2v) is 9.67. The van der Waals surface area contributed by atoms with Crippen molar-refractivity contribution in [3.05, 3.63) is 94.3 Å². The first-order chi connectivity index (χ1) is 15.1. The van der Waals surface area contributed by atoms with Crippen molar-refractivity contribution < 1.29 is 4.79 Å². The van der Waals surface area contributed by atoms with E-state index in [0.717, 1.165) is 33.1 Å². The lowest BCUT2D eigenvalue weighted by molar-refractivity contribution is -0.113. The van der Waals surface area contributed by atoms with Gasteiger partial charge in [0.25, 0.3) is 5.91 Å². The molecule has 0 radical (unpaired) electrons. The van der Waals surface area contributed by atoms with Gasteiger partial charge in [0.15, 0.2) is 4.32 Å². The molecule has 3 heterocycles. The highest BCUT2D eigenvalue weighted by Crippen LogP contribution is 2.38. The van der Waals surface area contributed by atoms with Gasteiger partial charge in [-0.05, 0) is 48.7 Å². The molecule has 4 aromatic rings. The molecule has 1 fully saturated rings. The van der Waals surface area contributed by atoms with Gasteiger partial charge in [-0.15, -0.1) is 11.3 Å². The van der Waals surface area contributed by atoms with Crippen molar-refractivity contribution in [2.45, 2.75) is 6.92 Å². The van der Waals surface area contributed by atoms with Crippen LogP contribution in [0.2, 0.25) is 0 Å². The Balaban J connectivity index is 1.55. The van der Waals surface area contributed by atoms with Gasteiger partial charge in [0.2, 0.25) is 0 Å². The fraction of sp³-hybridized carbons (Fsp3) is 0.0417. The molecule has 7 heteroatoms.